The van der Waals surface area contributed by atoms with Crippen LogP contribution in [0, 0.1) is 12.7 Å². The molecule has 0 spiro atoms. The van der Waals surface area contributed by atoms with Crippen LogP contribution in [0.5, 0.6) is 0 Å². The van der Waals surface area contributed by atoms with Gasteiger partial charge in [-0.2, -0.15) is 5.10 Å². The van der Waals surface area contributed by atoms with E-state index in [4.69, 9.17) is 0 Å². The number of piperidine rings is 1. The van der Waals surface area contributed by atoms with Gasteiger partial charge >= 0.3 is 0 Å². The third kappa shape index (κ3) is 3.39. The van der Waals surface area contributed by atoms with Gasteiger partial charge in [-0.05, 0) is 32.4 Å². The van der Waals surface area contributed by atoms with Crippen LogP contribution in [0.4, 0.5) is 9.52 Å². The van der Waals surface area contributed by atoms with Gasteiger partial charge in [0.25, 0.3) is 0 Å². The van der Waals surface area contributed by atoms with Gasteiger partial charge in [0.1, 0.15) is 5.82 Å². The number of nitrogens with one attached hydrogen (secondary N) is 1. The Morgan fingerprint density at radius 1 is 1.36 bits per heavy atom. The van der Waals surface area contributed by atoms with Gasteiger partial charge in [0, 0.05) is 31.7 Å². The molecule has 0 saturated carbocycles. The van der Waals surface area contributed by atoms with Crippen LogP contribution in [0.2, 0.25) is 0 Å². The highest BCUT2D eigenvalue weighted by molar-refractivity contribution is 7.22. The summed E-state index contributed by atoms with van der Waals surface area (Å²) in [5.74, 6) is -0.119. The van der Waals surface area contributed by atoms with Crippen molar-refractivity contribution in [2.45, 2.75) is 32.4 Å². The predicted octanol–water partition coefficient (Wildman–Crippen LogP) is 3.55. The molecule has 7 heteroatoms. The van der Waals surface area contributed by atoms with Crippen LogP contribution in [0.3, 0.4) is 0 Å². The number of likely N-dealkylation sites (tertiary alicyclic amines) is 1. The second-order valence-corrected chi connectivity index (χ2v) is 7.69. The third-order valence-corrected chi connectivity index (χ3v) is 5.81. The molecule has 4 rings (SSSR count). The molecule has 1 fully saturated rings. The maximum absolute atomic E-state index is 13.9. The maximum Gasteiger partial charge on any atom is 0.185 e. The first kappa shape index (κ1) is 16.5. The molecule has 132 valence electrons. The number of aryl methyl sites for hydroxylation is 2. The van der Waals surface area contributed by atoms with Gasteiger partial charge in [0.2, 0.25) is 0 Å². The Morgan fingerprint density at radius 2 is 2.20 bits per heavy atom. The first-order valence-electron chi connectivity index (χ1n) is 8.62. The Hall–Kier alpha value is -1.99. The fraction of sp³-hybridized carbons (Fsp3) is 0.444. The van der Waals surface area contributed by atoms with Crippen molar-refractivity contribution in [2.75, 3.05) is 18.4 Å². The van der Waals surface area contributed by atoms with Gasteiger partial charge in [-0.15, -0.1) is 0 Å². The van der Waals surface area contributed by atoms with Gasteiger partial charge in [-0.25, -0.2) is 14.1 Å². The molecule has 1 atom stereocenters. The fourth-order valence-corrected chi connectivity index (χ4v) is 4.51. The highest BCUT2D eigenvalue weighted by Crippen LogP contribution is 2.29. The highest BCUT2D eigenvalue weighted by Gasteiger charge is 2.22. The number of fused-ring (bicyclic) bond motifs is 1. The Labute approximate surface area is 150 Å². The molecule has 1 aromatic carbocycles. The molecular weight excluding hydrogens is 337 g/mol. The summed E-state index contributed by atoms with van der Waals surface area (Å²) in [6.07, 6.45) is 2.22. The first-order valence-corrected chi connectivity index (χ1v) is 9.44. The van der Waals surface area contributed by atoms with Gasteiger partial charge in [0.15, 0.2) is 10.8 Å². The molecule has 3 heterocycles. The molecule has 1 aliphatic rings. The van der Waals surface area contributed by atoms with Gasteiger partial charge in [-0.3, -0.25) is 4.90 Å². The van der Waals surface area contributed by atoms with E-state index in [1.807, 2.05) is 30.8 Å². The number of hydrogen-bond acceptors (Lipinski definition) is 5. The number of hydrogen-bond donors (Lipinski definition) is 1. The topological polar surface area (TPSA) is 46.0 Å². The van der Waals surface area contributed by atoms with E-state index in [1.54, 1.807) is 17.4 Å². The lowest BCUT2D eigenvalue weighted by molar-refractivity contribution is 0.206. The molecule has 3 aromatic rings. The number of aromatic nitrogens is 3. The molecular formula is C18H22FN5S. The number of thiazole rings is 1. The Bertz CT molecular complexity index is 852. The lowest BCUT2D eigenvalue weighted by atomic mass is 10.0. The predicted molar refractivity (Wildman–Crippen MR) is 99.4 cm³/mol. The minimum absolute atomic E-state index is 0.119. The van der Waals surface area contributed by atoms with E-state index in [0.29, 0.717) is 12.6 Å². The number of halogens is 1. The fourth-order valence-electron chi connectivity index (χ4n) is 3.51. The SMILES string of the molecule is Cc1nn(C)c2nc(N[C@H]3CCCN(Cc4ccccc4F)C3)sc12. The van der Waals surface area contributed by atoms with Crippen LogP contribution in [-0.4, -0.2) is 38.8 Å². The van der Waals surface area contributed by atoms with E-state index in [-0.39, 0.29) is 5.82 Å². The molecule has 0 amide bonds. The van der Waals surface area contributed by atoms with Crippen LogP contribution >= 0.6 is 11.3 Å². The summed E-state index contributed by atoms with van der Waals surface area (Å²) < 4.78 is 16.9. The molecule has 2 aromatic heterocycles. The lowest BCUT2D eigenvalue weighted by Gasteiger charge is -2.33. The first-order chi connectivity index (χ1) is 12.1. The Morgan fingerprint density at radius 3 is 3.00 bits per heavy atom. The summed E-state index contributed by atoms with van der Waals surface area (Å²) in [4.78, 5) is 7.00. The van der Waals surface area contributed by atoms with E-state index in [0.717, 1.165) is 52.7 Å². The average molecular weight is 359 g/mol. The summed E-state index contributed by atoms with van der Waals surface area (Å²) in [6, 6.07) is 7.38. The summed E-state index contributed by atoms with van der Waals surface area (Å²) in [7, 11) is 1.93. The van der Waals surface area contributed by atoms with Crippen LogP contribution in [0.25, 0.3) is 10.3 Å². The molecule has 25 heavy (non-hydrogen) atoms. The van der Waals surface area contributed by atoms with Crippen molar-refractivity contribution >= 4 is 26.8 Å². The van der Waals surface area contributed by atoms with Crippen molar-refractivity contribution in [3.8, 4) is 0 Å². The number of nitrogens with zero attached hydrogens (tertiary/aromatic N) is 4. The molecule has 0 radical (unpaired) electrons. The Balaban J connectivity index is 1.44. The molecule has 5 nitrogen and oxygen atoms in total. The second-order valence-electron chi connectivity index (χ2n) is 6.69. The van der Waals surface area contributed by atoms with Gasteiger partial charge in [-0.1, -0.05) is 29.5 Å². The normalized spacial score (nSPS) is 18.8. The Kier molecular flexibility index (Phi) is 4.43. The summed E-state index contributed by atoms with van der Waals surface area (Å²) in [5.41, 5.74) is 2.72. The lowest BCUT2D eigenvalue weighted by Crippen LogP contribution is -2.41. The molecule has 1 aliphatic heterocycles. The zero-order valence-corrected chi connectivity index (χ0v) is 15.3. The summed E-state index contributed by atoms with van der Waals surface area (Å²) in [6.45, 7) is 4.59. The van der Waals surface area contributed by atoms with Gasteiger partial charge in [0.05, 0.1) is 10.4 Å². The third-order valence-electron chi connectivity index (χ3n) is 4.73. The van der Waals surface area contributed by atoms with Crippen molar-refractivity contribution in [1.29, 1.82) is 0 Å². The number of anilines is 1. The van der Waals surface area contributed by atoms with Crippen molar-refractivity contribution in [1.82, 2.24) is 19.7 Å². The molecule has 1 N–H and O–H groups in total. The van der Waals surface area contributed by atoms with Crippen LogP contribution in [0.15, 0.2) is 24.3 Å². The molecule has 0 aliphatic carbocycles. The van der Waals surface area contributed by atoms with E-state index >= 15 is 0 Å². The number of benzene rings is 1. The second kappa shape index (κ2) is 6.72. The standard InChI is InChI=1S/C18H22FN5S/c1-12-16-17(23(2)22-12)21-18(25-16)20-14-7-5-9-24(11-14)10-13-6-3-4-8-15(13)19/h3-4,6,8,14H,5,7,9-11H2,1-2H3,(H,20,21)/t14-/m0/s1. The zero-order valence-electron chi connectivity index (χ0n) is 14.5. The van der Waals surface area contributed by atoms with Gasteiger partial charge < -0.3 is 5.32 Å². The number of rotatable bonds is 4. The largest absolute Gasteiger partial charge is 0.357 e. The van der Waals surface area contributed by atoms with E-state index in [9.17, 15) is 4.39 Å². The smallest absolute Gasteiger partial charge is 0.185 e. The van der Waals surface area contributed by atoms with Crippen LogP contribution < -0.4 is 5.32 Å². The average Bonchev–Trinajstić information content (AvgIpc) is 3.11. The van der Waals surface area contributed by atoms with Crippen molar-refractivity contribution < 1.29 is 4.39 Å². The van der Waals surface area contributed by atoms with Crippen molar-refractivity contribution in [3.63, 3.8) is 0 Å². The van der Waals surface area contributed by atoms with E-state index in [1.165, 1.54) is 6.07 Å². The summed E-state index contributed by atoms with van der Waals surface area (Å²) >= 11 is 1.66. The minimum atomic E-state index is -0.119. The maximum atomic E-state index is 13.9. The van der Waals surface area contributed by atoms with Crippen molar-refractivity contribution in [3.05, 3.63) is 41.3 Å². The molecule has 1 saturated heterocycles. The minimum Gasteiger partial charge on any atom is -0.357 e. The van der Waals surface area contributed by atoms with Crippen LogP contribution in [-0.2, 0) is 13.6 Å². The molecule has 0 unspecified atom stereocenters. The monoisotopic (exact) mass is 359 g/mol. The zero-order chi connectivity index (χ0) is 17.4. The van der Waals surface area contributed by atoms with E-state index in [2.05, 4.69) is 20.3 Å². The van der Waals surface area contributed by atoms with E-state index < -0.39 is 0 Å². The highest BCUT2D eigenvalue weighted by atomic mass is 32.1. The van der Waals surface area contributed by atoms with Crippen molar-refractivity contribution in [2.24, 2.45) is 7.05 Å². The van der Waals surface area contributed by atoms with Crippen LogP contribution in [0.1, 0.15) is 24.1 Å². The molecule has 0 bridgehead atoms. The quantitative estimate of drug-likeness (QED) is 0.774. The summed E-state index contributed by atoms with van der Waals surface area (Å²) in [5, 5.41) is 8.92.